The summed E-state index contributed by atoms with van der Waals surface area (Å²) >= 11 is 0. The van der Waals surface area contributed by atoms with Gasteiger partial charge in [-0.3, -0.25) is 9.59 Å². The van der Waals surface area contributed by atoms with Crippen molar-refractivity contribution in [1.82, 2.24) is 10.3 Å². The molecule has 0 radical (unpaired) electrons. The fourth-order valence-corrected chi connectivity index (χ4v) is 3.74. The van der Waals surface area contributed by atoms with Gasteiger partial charge in [-0.15, -0.1) is 0 Å². The number of ketones is 1. The smallest absolute Gasteiger partial charge is 0.220 e. The van der Waals surface area contributed by atoms with E-state index in [2.05, 4.69) is 10.3 Å². The Kier molecular flexibility index (Phi) is 7.20. The Balaban J connectivity index is 1.24. The van der Waals surface area contributed by atoms with Gasteiger partial charge in [0.15, 0.2) is 5.78 Å². The van der Waals surface area contributed by atoms with E-state index < -0.39 is 0 Å². The number of rotatable bonds is 10. The molecule has 0 saturated carbocycles. The molecule has 3 aromatic carbocycles. The molecular formula is C28H28N2O3. The maximum Gasteiger partial charge on any atom is 0.220 e. The molecule has 1 amide bonds. The molecule has 0 spiro atoms. The van der Waals surface area contributed by atoms with Crippen molar-refractivity contribution in [1.29, 1.82) is 0 Å². The van der Waals surface area contributed by atoms with Gasteiger partial charge in [0.1, 0.15) is 12.4 Å². The van der Waals surface area contributed by atoms with Gasteiger partial charge >= 0.3 is 0 Å². The van der Waals surface area contributed by atoms with Gasteiger partial charge in [0, 0.05) is 48.1 Å². The van der Waals surface area contributed by atoms with Crippen LogP contribution in [0.5, 0.6) is 5.75 Å². The first-order chi connectivity index (χ1) is 16.1. The Morgan fingerprint density at radius 3 is 2.52 bits per heavy atom. The van der Waals surface area contributed by atoms with E-state index in [1.54, 1.807) is 0 Å². The van der Waals surface area contributed by atoms with Gasteiger partial charge in [0.2, 0.25) is 5.91 Å². The molecule has 1 aromatic heterocycles. The number of amides is 1. The van der Waals surface area contributed by atoms with Crippen LogP contribution in [0.25, 0.3) is 10.9 Å². The van der Waals surface area contributed by atoms with Crippen LogP contribution in [0.2, 0.25) is 0 Å². The van der Waals surface area contributed by atoms with Crippen molar-refractivity contribution >= 4 is 22.6 Å². The van der Waals surface area contributed by atoms with Gasteiger partial charge in [-0.1, -0.05) is 60.2 Å². The minimum Gasteiger partial charge on any atom is -0.489 e. The highest BCUT2D eigenvalue weighted by molar-refractivity contribution is 5.98. The molecular weight excluding hydrogens is 412 g/mol. The van der Waals surface area contributed by atoms with E-state index in [0.29, 0.717) is 25.1 Å². The molecule has 168 valence electrons. The van der Waals surface area contributed by atoms with Crippen molar-refractivity contribution in [3.8, 4) is 5.75 Å². The number of Topliss-reactive ketones (excluding diaryl/α,β-unsaturated/α-hetero) is 1. The Hall–Kier alpha value is -3.86. The van der Waals surface area contributed by atoms with Crippen LogP contribution in [-0.4, -0.2) is 23.2 Å². The molecule has 33 heavy (non-hydrogen) atoms. The van der Waals surface area contributed by atoms with Crippen molar-refractivity contribution in [3.63, 3.8) is 0 Å². The minimum atomic E-state index is -0.105. The quantitative estimate of drug-likeness (QED) is 0.325. The second kappa shape index (κ2) is 10.6. The van der Waals surface area contributed by atoms with E-state index in [4.69, 9.17) is 4.74 Å². The van der Waals surface area contributed by atoms with Gasteiger partial charge in [-0.2, -0.15) is 0 Å². The van der Waals surface area contributed by atoms with E-state index in [1.807, 2.05) is 85.9 Å². The number of carbonyl (C=O) groups excluding carboxylic acids is 2. The van der Waals surface area contributed by atoms with Gasteiger partial charge < -0.3 is 15.0 Å². The zero-order valence-electron chi connectivity index (χ0n) is 18.8. The van der Waals surface area contributed by atoms with Crippen molar-refractivity contribution < 1.29 is 14.3 Å². The second-order valence-electron chi connectivity index (χ2n) is 8.18. The normalized spacial score (nSPS) is 10.8. The molecule has 0 aliphatic carbocycles. The Morgan fingerprint density at radius 1 is 0.939 bits per heavy atom. The standard InChI is InChI=1S/C28H28N2O3/c1-20-7-9-22(10-8-20)27(31)13-14-28(32)29-16-15-23-18-30-26-17-24(11-12-25(23)26)33-19-21-5-3-2-4-6-21/h2-12,17-18,30H,13-16,19H2,1H3,(H,29,32). The monoisotopic (exact) mass is 440 g/mol. The van der Waals surface area contributed by atoms with Crippen molar-refractivity contribution in [2.75, 3.05) is 6.54 Å². The predicted molar refractivity (Wildman–Crippen MR) is 131 cm³/mol. The number of nitrogens with one attached hydrogen (secondary N) is 2. The Morgan fingerprint density at radius 2 is 1.73 bits per heavy atom. The van der Waals surface area contributed by atoms with Crippen molar-refractivity contribution in [2.45, 2.75) is 32.8 Å². The third-order valence-corrected chi connectivity index (χ3v) is 5.66. The summed E-state index contributed by atoms with van der Waals surface area (Å²) < 4.78 is 5.90. The molecule has 0 aliphatic rings. The Labute approximate surface area is 193 Å². The fourth-order valence-electron chi connectivity index (χ4n) is 3.74. The SMILES string of the molecule is Cc1ccc(C(=O)CCC(=O)NCCc2c[nH]c3cc(OCc4ccccc4)ccc23)cc1. The lowest BCUT2D eigenvalue weighted by molar-refractivity contribution is -0.121. The first-order valence-corrected chi connectivity index (χ1v) is 11.2. The zero-order chi connectivity index (χ0) is 23.0. The molecule has 1 heterocycles. The second-order valence-corrected chi connectivity index (χ2v) is 8.18. The maximum absolute atomic E-state index is 12.2. The van der Waals surface area contributed by atoms with E-state index in [-0.39, 0.29) is 24.5 Å². The summed E-state index contributed by atoms with van der Waals surface area (Å²) in [5.41, 5.74) is 5.03. The number of ether oxygens (including phenoxy) is 1. The van der Waals surface area contributed by atoms with Gasteiger partial charge in [0.25, 0.3) is 0 Å². The highest BCUT2D eigenvalue weighted by Gasteiger charge is 2.10. The summed E-state index contributed by atoms with van der Waals surface area (Å²) in [6.45, 7) is 3.03. The number of aromatic nitrogens is 1. The fraction of sp³-hybridized carbons (Fsp3) is 0.214. The van der Waals surface area contributed by atoms with Crippen LogP contribution in [0.15, 0.2) is 79.0 Å². The molecule has 4 rings (SSSR count). The van der Waals surface area contributed by atoms with Crippen LogP contribution in [-0.2, 0) is 17.8 Å². The third-order valence-electron chi connectivity index (χ3n) is 5.66. The summed E-state index contributed by atoms with van der Waals surface area (Å²) in [4.78, 5) is 27.7. The van der Waals surface area contributed by atoms with E-state index in [0.717, 1.165) is 33.3 Å². The summed E-state index contributed by atoms with van der Waals surface area (Å²) in [7, 11) is 0. The molecule has 0 bridgehead atoms. The van der Waals surface area contributed by atoms with E-state index >= 15 is 0 Å². The summed E-state index contributed by atoms with van der Waals surface area (Å²) in [6.07, 6.45) is 3.09. The van der Waals surface area contributed by atoms with Gasteiger partial charge in [-0.05, 0) is 36.6 Å². The van der Waals surface area contributed by atoms with E-state index in [1.165, 1.54) is 0 Å². The number of H-pyrrole nitrogens is 1. The number of carbonyl (C=O) groups is 2. The highest BCUT2D eigenvalue weighted by atomic mass is 16.5. The number of hydrogen-bond acceptors (Lipinski definition) is 3. The third kappa shape index (κ3) is 6.10. The van der Waals surface area contributed by atoms with Crippen LogP contribution in [0.1, 0.15) is 39.9 Å². The zero-order valence-corrected chi connectivity index (χ0v) is 18.8. The maximum atomic E-state index is 12.2. The number of aromatic amines is 1. The first-order valence-electron chi connectivity index (χ1n) is 11.2. The lowest BCUT2D eigenvalue weighted by Gasteiger charge is -2.07. The molecule has 0 fully saturated rings. The highest BCUT2D eigenvalue weighted by Crippen LogP contribution is 2.24. The van der Waals surface area contributed by atoms with Crippen molar-refractivity contribution in [3.05, 3.63) is 101 Å². The molecule has 0 aliphatic heterocycles. The number of hydrogen-bond donors (Lipinski definition) is 2. The van der Waals surface area contributed by atoms with Gasteiger partial charge in [0.05, 0.1) is 0 Å². The predicted octanol–water partition coefficient (Wildman–Crippen LogP) is 5.38. The molecule has 4 aromatic rings. The average Bonchev–Trinajstić information content (AvgIpc) is 3.24. The van der Waals surface area contributed by atoms with Crippen molar-refractivity contribution in [2.24, 2.45) is 0 Å². The van der Waals surface area contributed by atoms with Gasteiger partial charge in [-0.25, -0.2) is 0 Å². The van der Waals surface area contributed by atoms with Crippen LogP contribution < -0.4 is 10.1 Å². The summed E-state index contributed by atoms with van der Waals surface area (Å²) in [5.74, 6) is 0.699. The largest absolute Gasteiger partial charge is 0.489 e. The van der Waals surface area contributed by atoms with Crippen LogP contribution in [0, 0.1) is 6.92 Å². The molecule has 0 atom stereocenters. The van der Waals surface area contributed by atoms with Crippen LogP contribution in [0.4, 0.5) is 0 Å². The molecule has 0 unspecified atom stereocenters. The lowest BCUT2D eigenvalue weighted by atomic mass is 10.0. The first kappa shape index (κ1) is 22.3. The number of fused-ring (bicyclic) bond motifs is 1. The molecule has 5 heteroatoms. The van der Waals surface area contributed by atoms with E-state index in [9.17, 15) is 9.59 Å². The molecule has 0 saturated heterocycles. The molecule has 5 nitrogen and oxygen atoms in total. The molecule has 2 N–H and O–H groups in total. The summed E-state index contributed by atoms with van der Waals surface area (Å²) in [5, 5.41) is 4.04. The number of aryl methyl sites for hydroxylation is 1. The Bertz CT molecular complexity index is 1230. The topological polar surface area (TPSA) is 71.2 Å². The summed E-state index contributed by atoms with van der Waals surface area (Å²) in [6, 6.07) is 23.5. The van der Waals surface area contributed by atoms with Crippen LogP contribution >= 0.6 is 0 Å². The van der Waals surface area contributed by atoms with Crippen LogP contribution in [0.3, 0.4) is 0 Å². The average molecular weight is 441 g/mol. The number of benzene rings is 3. The minimum absolute atomic E-state index is 0.00735. The lowest BCUT2D eigenvalue weighted by Crippen LogP contribution is -2.26.